The summed E-state index contributed by atoms with van der Waals surface area (Å²) in [5, 5.41) is 0. The maximum Gasteiger partial charge on any atom is 0.277 e. The molecule has 0 heterocycles. The van der Waals surface area contributed by atoms with Crippen LogP contribution in [0.2, 0.25) is 0 Å². The summed E-state index contributed by atoms with van der Waals surface area (Å²) >= 11 is 0. The van der Waals surface area contributed by atoms with Crippen LogP contribution in [-0.4, -0.2) is 27.0 Å². The lowest BCUT2D eigenvalue weighted by molar-refractivity contribution is 0.508. The molecule has 1 fully saturated rings. The van der Waals surface area contributed by atoms with Crippen LogP contribution in [-0.2, 0) is 10.2 Å². The summed E-state index contributed by atoms with van der Waals surface area (Å²) < 4.78 is 28.2. The third kappa shape index (κ3) is 5.46. The summed E-state index contributed by atoms with van der Waals surface area (Å²) in [6.07, 6.45) is 4.74. The highest BCUT2D eigenvalue weighted by atomic mass is 32.2. The van der Waals surface area contributed by atoms with Crippen molar-refractivity contribution < 1.29 is 8.42 Å². The van der Waals surface area contributed by atoms with Crippen molar-refractivity contribution in [1.29, 1.82) is 0 Å². The summed E-state index contributed by atoms with van der Waals surface area (Å²) in [4.78, 5) is 0. The van der Waals surface area contributed by atoms with Gasteiger partial charge in [0.15, 0.2) is 0 Å². The summed E-state index contributed by atoms with van der Waals surface area (Å²) in [6, 6.07) is 0.00768. The summed E-state index contributed by atoms with van der Waals surface area (Å²) in [6.45, 7) is 2.43. The Kier molecular flexibility index (Phi) is 4.98. The van der Waals surface area contributed by atoms with Gasteiger partial charge in [-0.3, -0.25) is 0 Å². The number of hydrogen-bond acceptors (Lipinski definition) is 3. The fraction of sp³-hybridized carbons (Fsp3) is 1.00. The Balaban J connectivity index is 2.34. The number of nitrogens with two attached hydrogens (primary N) is 1. The quantitative estimate of drug-likeness (QED) is 0.557. The number of unbranched alkanes of at least 4 members (excludes halogenated alkanes) is 1. The maximum atomic E-state index is 11.5. The highest BCUT2D eigenvalue weighted by Crippen LogP contribution is 2.19. The van der Waals surface area contributed by atoms with Crippen LogP contribution >= 0.6 is 0 Å². The monoisotopic (exact) mass is 235 g/mol. The van der Waals surface area contributed by atoms with Gasteiger partial charge in [0.05, 0.1) is 0 Å². The van der Waals surface area contributed by atoms with Crippen molar-refractivity contribution in [2.45, 2.75) is 51.1 Å². The van der Waals surface area contributed by atoms with E-state index in [0.29, 0.717) is 6.54 Å². The highest BCUT2D eigenvalue weighted by molar-refractivity contribution is 7.87. The van der Waals surface area contributed by atoms with Crippen molar-refractivity contribution in [3.05, 3.63) is 0 Å². The molecule has 5 nitrogen and oxygen atoms in total. The molecule has 1 aliphatic rings. The third-order valence-corrected chi connectivity index (χ3v) is 3.70. The van der Waals surface area contributed by atoms with Crippen molar-refractivity contribution >= 4 is 10.2 Å². The molecule has 0 aliphatic heterocycles. The second-order valence-corrected chi connectivity index (χ2v) is 5.57. The SMILES string of the molecule is CCCCC(CN)NS(=O)(=O)NC1CC1. The minimum absolute atomic E-state index is 0.138. The molecule has 0 aromatic heterocycles. The number of hydrogen-bond donors (Lipinski definition) is 3. The van der Waals surface area contributed by atoms with Crippen LogP contribution in [0.3, 0.4) is 0 Å². The zero-order valence-electron chi connectivity index (χ0n) is 9.20. The molecule has 15 heavy (non-hydrogen) atoms. The molecular formula is C9H21N3O2S. The summed E-state index contributed by atoms with van der Waals surface area (Å²) in [7, 11) is -3.34. The van der Waals surface area contributed by atoms with Gasteiger partial charge in [0.1, 0.15) is 0 Å². The van der Waals surface area contributed by atoms with E-state index in [2.05, 4.69) is 16.4 Å². The first kappa shape index (κ1) is 12.9. The molecule has 1 rings (SSSR count). The van der Waals surface area contributed by atoms with Crippen molar-refractivity contribution in [3.8, 4) is 0 Å². The van der Waals surface area contributed by atoms with E-state index in [-0.39, 0.29) is 12.1 Å². The Morgan fingerprint density at radius 2 is 2.13 bits per heavy atom. The molecule has 1 atom stereocenters. The Morgan fingerprint density at radius 1 is 1.47 bits per heavy atom. The van der Waals surface area contributed by atoms with E-state index in [4.69, 9.17) is 5.73 Å². The van der Waals surface area contributed by atoms with Gasteiger partial charge in [-0.2, -0.15) is 17.9 Å². The standard InChI is InChI=1S/C9H21N3O2S/c1-2-3-4-9(7-10)12-15(13,14)11-8-5-6-8/h8-9,11-12H,2-7,10H2,1H3. The zero-order chi connectivity index (χ0) is 11.3. The molecular weight excluding hydrogens is 214 g/mol. The van der Waals surface area contributed by atoms with Crippen molar-refractivity contribution in [2.75, 3.05) is 6.54 Å². The van der Waals surface area contributed by atoms with Gasteiger partial charge in [-0.1, -0.05) is 19.8 Å². The molecule has 0 amide bonds. The highest BCUT2D eigenvalue weighted by Gasteiger charge is 2.27. The molecule has 0 spiro atoms. The molecule has 0 aromatic rings. The van der Waals surface area contributed by atoms with E-state index in [1.165, 1.54) is 0 Å². The number of nitrogens with one attached hydrogen (secondary N) is 2. The normalized spacial score (nSPS) is 19.1. The van der Waals surface area contributed by atoms with Crippen LogP contribution in [0.15, 0.2) is 0 Å². The van der Waals surface area contributed by atoms with Crippen LogP contribution in [0.4, 0.5) is 0 Å². The zero-order valence-corrected chi connectivity index (χ0v) is 10.0. The van der Waals surface area contributed by atoms with Crippen LogP contribution < -0.4 is 15.2 Å². The average molecular weight is 235 g/mol. The summed E-state index contributed by atoms with van der Waals surface area (Å²) in [5.74, 6) is 0. The molecule has 4 N–H and O–H groups in total. The second kappa shape index (κ2) is 5.79. The summed E-state index contributed by atoms with van der Waals surface area (Å²) in [5.41, 5.74) is 5.51. The van der Waals surface area contributed by atoms with E-state index in [1.54, 1.807) is 0 Å². The largest absolute Gasteiger partial charge is 0.329 e. The predicted molar refractivity (Wildman–Crippen MR) is 60.6 cm³/mol. The van der Waals surface area contributed by atoms with Gasteiger partial charge in [0.25, 0.3) is 10.2 Å². The van der Waals surface area contributed by atoms with Gasteiger partial charge in [0, 0.05) is 18.6 Å². The molecule has 0 saturated heterocycles. The van der Waals surface area contributed by atoms with Gasteiger partial charge in [0.2, 0.25) is 0 Å². The Morgan fingerprint density at radius 3 is 2.60 bits per heavy atom. The lowest BCUT2D eigenvalue weighted by Crippen LogP contribution is -2.46. The van der Waals surface area contributed by atoms with Crippen LogP contribution in [0.1, 0.15) is 39.0 Å². The van der Waals surface area contributed by atoms with Gasteiger partial charge in [-0.15, -0.1) is 0 Å². The van der Waals surface area contributed by atoms with Gasteiger partial charge < -0.3 is 5.73 Å². The first-order chi connectivity index (χ1) is 7.07. The average Bonchev–Trinajstić information content (AvgIpc) is 2.95. The first-order valence-electron chi connectivity index (χ1n) is 5.57. The molecule has 1 aliphatic carbocycles. The van der Waals surface area contributed by atoms with Crippen LogP contribution in [0, 0.1) is 0 Å². The topological polar surface area (TPSA) is 84.2 Å². The van der Waals surface area contributed by atoms with Gasteiger partial charge in [-0.05, 0) is 19.3 Å². The smallest absolute Gasteiger partial charge is 0.277 e. The first-order valence-corrected chi connectivity index (χ1v) is 7.05. The molecule has 90 valence electrons. The van der Waals surface area contributed by atoms with Crippen molar-refractivity contribution in [2.24, 2.45) is 5.73 Å². The molecule has 1 unspecified atom stereocenters. The predicted octanol–water partition coefficient (Wildman–Crippen LogP) is 0.0903. The van der Waals surface area contributed by atoms with Crippen molar-refractivity contribution in [3.63, 3.8) is 0 Å². The maximum absolute atomic E-state index is 11.5. The van der Waals surface area contributed by atoms with Crippen molar-refractivity contribution in [1.82, 2.24) is 9.44 Å². The Hall–Kier alpha value is -0.170. The Labute approximate surface area is 92.0 Å². The van der Waals surface area contributed by atoms with E-state index in [9.17, 15) is 8.42 Å². The van der Waals surface area contributed by atoms with E-state index in [1.807, 2.05) is 0 Å². The van der Waals surface area contributed by atoms with E-state index < -0.39 is 10.2 Å². The fourth-order valence-corrected chi connectivity index (χ4v) is 2.74. The van der Waals surface area contributed by atoms with Gasteiger partial charge in [-0.25, -0.2) is 0 Å². The van der Waals surface area contributed by atoms with E-state index in [0.717, 1.165) is 32.1 Å². The third-order valence-electron chi connectivity index (χ3n) is 2.41. The Bertz CT molecular complexity index is 275. The van der Waals surface area contributed by atoms with Crippen LogP contribution in [0.5, 0.6) is 0 Å². The molecule has 1 saturated carbocycles. The lowest BCUT2D eigenvalue weighted by Gasteiger charge is -2.16. The van der Waals surface area contributed by atoms with Gasteiger partial charge >= 0.3 is 0 Å². The fourth-order valence-electron chi connectivity index (χ4n) is 1.35. The lowest BCUT2D eigenvalue weighted by atomic mass is 10.1. The van der Waals surface area contributed by atoms with E-state index >= 15 is 0 Å². The molecule has 0 bridgehead atoms. The minimum atomic E-state index is -3.34. The second-order valence-electron chi connectivity index (χ2n) is 4.09. The number of rotatable bonds is 8. The van der Waals surface area contributed by atoms with Crippen LogP contribution in [0.25, 0.3) is 0 Å². The molecule has 6 heteroatoms. The molecule has 0 aromatic carbocycles. The minimum Gasteiger partial charge on any atom is -0.329 e. The molecule has 0 radical (unpaired) electrons.